The fourth-order valence-electron chi connectivity index (χ4n) is 2.97. The SMILES string of the molecule is CC(C)(C)OC(=O)N1CCCCC1(CF)c1cccc(F)c1F. The number of hydrogen-bond donors (Lipinski definition) is 0. The van der Waals surface area contributed by atoms with E-state index in [4.69, 9.17) is 4.74 Å². The van der Waals surface area contributed by atoms with Crippen molar-refractivity contribution >= 4 is 6.09 Å². The summed E-state index contributed by atoms with van der Waals surface area (Å²) in [6.45, 7) is 4.36. The number of halogens is 3. The summed E-state index contributed by atoms with van der Waals surface area (Å²) in [6.07, 6.45) is 0.804. The molecule has 0 N–H and O–H groups in total. The molecule has 0 spiro atoms. The molecule has 2 rings (SSSR count). The van der Waals surface area contributed by atoms with Gasteiger partial charge in [-0.25, -0.2) is 18.0 Å². The molecule has 0 aliphatic carbocycles. The molecule has 1 aliphatic heterocycles. The Bertz CT molecular complexity index is 586. The maximum Gasteiger partial charge on any atom is 0.411 e. The van der Waals surface area contributed by atoms with E-state index in [9.17, 15) is 18.0 Å². The van der Waals surface area contributed by atoms with Crippen LogP contribution in [-0.4, -0.2) is 29.8 Å². The average molecular weight is 329 g/mol. The highest BCUT2D eigenvalue weighted by Crippen LogP contribution is 2.40. The van der Waals surface area contributed by atoms with Crippen LogP contribution >= 0.6 is 0 Å². The Hall–Kier alpha value is -1.72. The van der Waals surface area contributed by atoms with Crippen molar-refractivity contribution in [1.29, 1.82) is 0 Å². The van der Waals surface area contributed by atoms with Crippen LogP contribution in [0, 0.1) is 11.6 Å². The average Bonchev–Trinajstić information content (AvgIpc) is 2.48. The summed E-state index contributed by atoms with van der Waals surface area (Å²) in [4.78, 5) is 13.7. The summed E-state index contributed by atoms with van der Waals surface area (Å²) in [6, 6.07) is 3.64. The third-order valence-corrected chi connectivity index (χ3v) is 4.03. The Balaban J connectivity index is 2.47. The maximum atomic E-state index is 14.3. The molecule has 3 nitrogen and oxygen atoms in total. The normalized spacial score (nSPS) is 22.1. The van der Waals surface area contributed by atoms with Gasteiger partial charge in [-0.05, 0) is 46.1 Å². The van der Waals surface area contributed by atoms with Crippen molar-refractivity contribution in [3.05, 3.63) is 35.4 Å². The zero-order valence-electron chi connectivity index (χ0n) is 13.7. The van der Waals surface area contributed by atoms with Crippen molar-refractivity contribution in [3.8, 4) is 0 Å². The lowest BCUT2D eigenvalue weighted by Crippen LogP contribution is -2.55. The van der Waals surface area contributed by atoms with E-state index in [1.54, 1.807) is 20.8 Å². The lowest BCUT2D eigenvalue weighted by Gasteiger charge is -2.46. The smallest absolute Gasteiger partial charge is 0.411 e. The minimum Gasteiger partial charge on any atom is -0.444 e. The molecule has 1 atom stereocenters. The molecular weight excluding hydrogens is 307 g/mol. The van der Waals surface area contributed by atoms with Gasteiger partial charge in [0.25, 0.3) is 0 Å². The van der Waals surface area contributed by atoms with E-state index < -0.39 is 35.5 Å². The number of hydrogen-bond acceptors (Lipinski definition) is 2. The topological polar surface area (TPSA) is 29.5 Å². The Morgan fingerprint density at radius 1 is 1.30 bits per heavy atom. The van der Waals surface area contributed by atoms with Crippen LogP contribution in [0.25, 0.3) is 0 Å². The van der Waals surface area contributed by atoms with Gasteiger partial charge in [-0.2, -0.15) is 0 Å². The molecule has 1 fully saturated rings. The lowest BCUT2D eigenvalue weighted by molar-refractivity contribution is -0.0265. The molecule has 0 radical (unpaired) electrons. The molecule has 1 heterocycles. The number of amides is 1. The first-order chi connectivity index (χ1) is 10.7. The Morgan fingerprint density at radius 2 is 2.00 bits per heavy atom. The van der Waals surface area contributed by atoms with Crippen molar-refractivity contribution in [1.82, 2.24) is 4.90 Å². The monoisotopic (exact) mass is 329 g/mol. The van der Waals surface area contributed by atoms with E-state index in [0.717, 1.165) is 6.07 Å². The molecule has 1 aliphatic rings. The van der Waals surface area contributed by atoms with Gasteiger partial charge in [-0.1, -0.05) is 12.1 Å². The highest BCUT2D eigenvalue weighted by Gasteiger charge is 2.46. The number of likely N-dealkylation sites (tertiary alicyclic amines) is 1. The molecule has 1 unspecified atom stereocenters. The van der Waals surface area contributed by atoms with Gasteiger partial charge in [-0.15, -0.1) is 0 Å². The Morgan fingerprint density at radius 3 is 2.61 bits per heavy atom. The van der Waals surface area contributed by atoms with Gasteiger partial charge in [0.1, 0.15) is 17.8 Å². The molecule has 0 aromatic heterocycles. The second-order valence-electron chi connectivity index (χ2n) is 6.86. The molecule has 1 amide bonds. The van der Waals surface area contributed by atoms with Crippen LogP contribution in [-0.2, 0) is 10.3 Å². The number of carbonyl (C=O) groups excluding carboxylic acids is 1. The highest BCUT2D eigenvalue weighted by molar-refractivity contribution is 5.70. The number of nitrogens with zero attached hydrogens (tertiary/aromatic N) is 1. The number of carbonyl (C=O) groups is 1. The van der Waals surface area contributed by atoms with Crippen molar-refractivity contribution in [2.24, 2.45) is 0 Å². The number of benzene rings is 1. The molecule has 0 bridgehead atoms. The van der Waals surface area contributed by atoms with Crippen LogP contribution in [0.5, 0.6) is 0 Å². The van der Waals surface area contributed by atoms with Crippen molar-refractivity contribution in [2.75, 3.05) is 13.2 Å². The minimum absolute atomic E-state index is 0.134. The molecule has 128 valence electrons. The third-order valence-electron chi connectivity index (χ3n) is 4.03. The third kappa shape index (κ3) is 3.46. The predicted octanol–water partition coefficient (Wildman–Crippen LogP) is 4.55. The van der Waals surface area contributed by atoms with Crippen LogP contribution in [0.4, 0.5) is 18.0 Å². The van der Waals surface area contributed by atoms with E-state index in [-0.39, 0.29) is 18.5 Å². The predicted molar refractivity (Wildman–Crippen MR) is 80.8 cm³/mol. The maximum absolute atomic E-state index is 14.3. The number of rotatable bonds is 2. The Labute approximate surface area is 134 Å². The molecule has 1 saturated heterocycles. The van der Waals surface area contributed by atoms with E-state index in [1.807, 2.05) is 0 Å². The van der Waals surface area contributed by atoms with Gasteiger partial charge in [-0.3, -0.25) is 4.90 Å². The standard InChI is InChI=1S/C17H22F3NO2/c1-16(2,3)23-15(22)21-10-5-4-9-17(21,11-18)12-7-6-8-13(19)14(12)20/h6-8H,4-5,9-11H2,1-3H3. The van der Waals surface area contributed by atoms with Gasteiger partial charge >= 0.3 is 6.09 Å². The molecular formula is C17H22F3NO2. The van der Waals surface area contributed by atoms with Crippen molar-refractivity contribution in [2.45, 2.75) is 51.2 Å². The second kappa shape index (κ2) is 6.42. The largest absolute Gasteiger partial charge is 0.444 e. The number of ether oxygens (including phenoxy) is 1. The molecule has 0 saturated carbocycles. The zero-order valence-corrected chi connectivity index (χ0v) is 13.7. The lowest BCUT2D eigenvalue weighted by atomic mass is 9.81. The van der Waals surface area contributed by atoms with Crippen LogP contribution in [0.15, 0.2) is 18.2 Å². The summed E-state index contributed by atoms with van der Waals surface area (Å²) in [5.74, 6) is -2.16. The van der Waals surface area contributed by atoms with Crippen LogP contribution < -0.4 is 0 Å². The summed E-state index contributed by atoms with van der Waals surface area (Å²) >= 11 is 0. The zero-order chi connectivity index (χ0) is 17.3. The van der Waals surface area contributed by atoms with Gasteiger partial charge in [0, 0.05) is 12.1 Å². The van der Waals surface area contributed by atoms with Gasteiger partial charge in [0.2, 0.25) is 0 Å². The van der Waals surface area contributed by atoms with Crippen LogP contribution in [0.1, 0.15) is 45.6 Å². The molecule has 1 aromatic rings. The fourth-order valence-corrected chi connectivity index (χ4v) is 2.97. The first-order valence-electron chi connectivity index (χ1n) is 7.72. The summed E-state index contributed by atoms with van der Waals surface area (Å²) < 4.78 is 47.2. The second-order valence-corrected chi connectivity index (χ2v) is 6.86. The highest BCUT2D eigenvalue weighted by atomic mass is 19.2. The number of piperidine rings is 1. The van der Waals surface area contributed by atoms with Crippen molar-refractivity contribution in [3.63, 3.8) is 0 Å². The summed E-state index contributed by atoms with van der Waals surface area (Å²) in [5.41, 5.74) is -2.41. The van der Waals surface area contributed by atoms with E-state index in [2.05, 4.69) is 0 Å². The Kier molecular flexibility index (Phi) is 4.92. The summed E-state index contributed by atoms with van der Waals surface area (Å²) in [7, 11) is 0. The van der Waals surface area contributed by atoms with Crippen molar-refractivity contribution < 1.29 is 22.7 Å². The molecule has 6 heteroatoms. The van der Waals surface area contributed by atoms with Gasteiger partial charge < -0.3 is 4.74 Å². The number of alkyl halides is 1. The van der Waals surface area contributed by atoms with E-state index >= 15 is 0 Å². The first-order valence-corrected chi connectivity index (χ1v) is 7.72. The van der Waals surface area contributed by atoms with Crippen LogP contribution in [0.2, 0.25) is 0 Å². The quantitative estimate of drug-likeness (QED) is 0.796. The van der Waals surface area contributed by atoms with E-state index in [0.29, 0.717) is 12.8 Å². The van der Waals surface area contributed by atoms with Gasteiger partial charge in [0.05, 0.1) is 0 Å². The van der Waals surface area contributed by atoms with Gasteiger partial charge in [0.15, 0.2) is 11.6 Å². The minimum atomic E-state index is -1.52. The molecule has 1 aromatic carbocycles. The van der Waals surface area contributed by atoms with E-state index in [1.165, 1.54) is 17.0 Å². The first kappa shape index (κ1) is 17.6. The molecule has 23 heavy (non-hydrogen) atoms. The van der Waals surface area contributed by atoms with Crippen LogP contribution in [0.3, 0.4) is 0 Å². The summed E-state index contributed by atoms with van der Waals surface area (Å²) in [5, 5.41) is 0. The fraction of sp³-hybridized carbons (Fsp3) is 0.588.